The second-order valence-electron chi connectivity index (χ2n) is 5.44. The summed E-state index contributed by atoms with van der Waals surface area (Å²) in [6.07, 6.45) is 5.24. The second kappa shape index (κ2) is 5.15. The van der Waals surface area contributed by atoms with Crippen LogP contribution in [0.4, 0.5) is 0 Å². The highest BCUT2D eigenvalue weighted by Gasteiger charge is 2.17. The summed E-state index contributed by atoms with van der Waals surface area (Å²) in [5, 5.41) is 5.40. The van der Waals surface area contributed by atoms with Crippen LogP contribution in [0.15, 0.2) is 12.4 Å². The van der Waals surface area contributed by atoms with Gasteiger partial charge >= 0.3 is 0 Å². The molecule has 0 N–H and O–H groups in total. The van der Waals surface area contributed by atoms with Crippen LogP contribution in [-0.2, 0) is 13.0 Å². The molecule has 86 valence electrons. The Morgan fingerprint density at radius 3 is 2.67 bits per heavy atom. The first-order chi connectivity index (χ1) is 6.93. The van der Waals surface area contributed by atoms with Crippen molar-refractivity contribution in [2.45, 2.75) is 40.7 Å². The number of alkyl halides is 1. The van der Waals surface area contributed by atoms with E-state index in [1.807, 2.05) is 10.9 Å². The van der Waals surface area contributed by atoms with Crippen molar-refractivity contribution in [3.63, 3.8) is 0 Å². The lowest BCUT2D eigenvalue weighted by molar-refractivity contribution is 0.424. The van der Waals surface area contributed by atoms with Crippen LogP contribution >= 0.6 is 15.9 Å². The quantitative estimate of drug-likeness (QED) is 0.751. The molecule has 0 aliphatic carbocycles. The molecule has 0 saturated carbocycles. The standard InChI is InChI=1S/C12H21BrN2/c1-10(2)7-15-8-11(6-14-15)5-12(3,4)9-13/h6,8,10H,5,7,9H2,1-4H3. The van der Waals surface area contributed by atoms with Gasteiger partial charge in [-0.1, -0.05) is 43.6 Å². The monoisotopic (exact) mass is 272 g/mol. The van der Waals surface area contributed by atoms with Gasteiger partial charge in [0.15, 0.2) is 0 Å². The zero-order valence-electron chi connectivity index (χ0n) is 10.1. The minimum Gasteiger partial charge on any atom is -0.272 e. The van der Waals surface area contributed by atoms with Gasteiger partial charge in [0.2, 0.25) is 0 Å². The number of aromatic nitrogens is 2. The molecule has 0 fully saturated rings. The van der Waals surface area contributed by atoms with Gasteiger partial charge in [0, 0.05) is 18.1 Å². The lowest BCUT2D eigenvalue weighted by Crippen LogP contribution is -2.16. The topological polar surface area (TPSA) is 17.8 Å². The molecule has 0 saturated heterocycles. The Labute approximate surface area is 101 Å². The zero-order chi connectivity index (χ0) is 11.5. The van der Waals surface area contributed by atoms with Gasteiger partial charge in [-0.25, -0.2) is 0 Å². The van der Waals surface area contributed by atoms with E-state index in [0.717, 1.165) is 18.3 Å². The molecule has 0 aliphatic rings. The van der Waals surface area contributed by atoms with Crippen LogP contribution in [-0.4, -0.2) is 15.1 Å². The maximum absolute atomic E-state index is 4.38. The predicted molar refractivity (Wildman–Crippen MR) is 68.3 cm³/mol. The summed E-state index contributed by atoms with van der Waals surface area (Å²) in [7, 11) is 0. The van der Waals surface area contributed by atoms with Crippen molar-refractivity contribution in [3.05, 3.63) is 18.0 Å². The average Bonchev–Trinajstić information content (AvgIpc) is 2.50. The van der Waals surface area contributed by atoms with Crippen LogP contribution < -0.4 is 0 Å². The highest BCUT2D eigenvalue weighted by atomic mass is 79.9. The number of halogens is 1. The zero-order valence-corrected chi connectivity index (χ0v) is 11.7. The van der Waals surface area contributed by atoms with E-state index in [2.05, 4.69) is 54.9 Å². The van der Waals surface area contributed by atoms with Crippen LogP contribution in [0.3, 0.4) is 0 Å². The van der Waals surface area contributed by atoms with Gasteiger partial charge in [-0.3, -0.25) is 4.68 Å². The molecular weight excluding hydrogens is 252 g/mol. The summed E-state index contributed by atoms with van der Waals surface area (Å²) in [6.45, 7) is 9.96. The Balaban J connectivity index is 2.60. The summed E-state index contributed by atoms with van der Waals surface area (Å²) < 4.78 is 2.05. The summed E-state index contributed by atoms with van der Waals surface area (Å²) >= 11 is 3.55. The first-order valence-electron chi connectivity index (χ1n) is 5.50. The summed E-state index contributed by atoms with van der Waals surface area (Å²) in [6, 6.07) is 0. The molecule has 0 amide bonds. The highest BCUT2D eigenvalue weighted by molar-refractivity contribution is 9.09. The lowest BCUT2D eigenvalue weighted by Gasteiger charge is -2.20. The van der Waals surface area contributed by atoms with Crippen molar-refractivity contribution < 1.29 is 0 Å². The lowest BCUT2D eigenvalue weighted by atomic mass is 9.89. The van der Waals surface area contributed by atoms with Gasteiger partial charge in [-0.05, 0) is 23.3 Å². The molecule has 0 unspecified atom stereocenters. The van der Waals surface area contributed by atoms with Gasteiger partial charge in [0.05, 0.1) is 6.20 Å². The fraction of sp³-hybridized carbons (Fsp3) is 0.750. The largest absolute Gasteiger partial charge is 0.272 e. The van der Waals surface area contributed by atoms with Crippen molar-refractivity contribution in [1.29, 1.82) is 0 Å². The summed E-state index contributed by atoms with van der Waals surface area (Å²) in [5.41, 5.74) is 1.64. The van der Waals surface area contributed by atoms with Crippen LogP contribution in [0.5, 0.6) is 0 Å². The first kappa shape index (κ1) is 12.8. The first-order valence-corrected chi connectivity index (χ1v) is 6.62. The van der Waals surface area contributed by atoms with Crippen LogP contribution in [0.25, 0.3) is 0 Å². The molecule has 2 nitrogen and oxygen atoms in total. The van der Waals surface area contributed by atoms with Crippen molar-refractivity contribution in [3.8, 4) is 0 Å². The minimum absolute atomic E-state index is 0.311. The minimum atomic E-state index is 0.311. The van der Waals surface area contributed by atoms with Crippen LogP contribution in [0.2, 0.25) is 0 Å². The molecule has 0 bridgehead atoms. The fourth-order valence-corrected chi connectivity index (χ4v) is 1.77. The summed E-state index contributed by atoms with van der Waals surface area (Å²) in [5.74, 6) is 0.655. The Hall–Kier alpha value is -0.310. The van der Waals surface area contributed by atoms with Gasteiger partial charge in [0.25, 0.3) is 0 Å². The van der Waals surface area contributed by atoms with Crippen molar-refractivity contribution in [1.82, 2.24) is 9.78 Å². The van der Waals surface area contributed by atoms with Crippen molar-refractivity contribution in [2.75, 3.05) is 5.33 Å². The molecule has 1 heterocycles. The highest BCUT2D eigenvalue weighted by Crippen LogP contribution is 2.23. The van der Waals surface area contributed by atoms with E-state index in [1.54, 1.807) is 0 Å². The van der Waals surface area contributed by atoms with E-state index in [0.29, 0.717) is 11.3 Å². The van der Waals surface area contributed by atoms with Crippen molar-refractivity contribution >= 4 is 15.9 Å². The van der Waals surface area contributed by atoms with E-state index < -0.39 is 0 Å². The Morgan fingerprint density at radius 2 is 2.13 bits per heavy atom. The number of hydrogen-bond acceptors (Lipinski definition) is 1. The molecule has 0 aromatic carbocycles. The Morgan fingerprint density at radius 1 is 1.47 bits per heavy atom. The van der Waals surface area contributed by atoms with Crippen LogP contribution in [0.1, 0.15) is 33.3 Å². The Kier molecular flexibility index (Phi) is 4.38. The van der Waals surface area contributed by atoms with E-state index in [4.69, 9.17) is 0 Å². The number of rotatable bonds is 5. The third kappa shape index (κ3) is 4.37. The number of hydrogen-bond donors (Lipinski definition) is 0. The fourth-order valence-electron chi connectivity index (χ4n) is 1.57. The summed E-state index contributed by atoms with van der Waals surface area (Å²) in [4.78, 5) is 0. The van der Waals surface area contributed by atoms with E-state index in [-0.39, 0.29) is 0 Å². The van der Waals surface area contributed by atoms with Gasteiger partial charge in [-0.2, -0.15) is 5.10 Å². The van der Waals surface area contributed by atoms with E-state index in [9.17, 15) is 0 Å². The predicted octanol–water partition coefficient (Wildman–Crippen LogP) is 3.50. The molecule has 0 aliphatic heterocycles. The molecule has 3 heteroatoms. The SMILES string of the molecule is CC(C)Cn1cc(CC(C)(C)CBr)cn1. The molecular formula is C12H21BrN2. The van der Waals surface area contributed by atoms with E-state index >= 15 is 0 Å². The second-order valence-corrected chi connectivity index (χ2v) is 6.00. The van der Waals surface area contributed by atoms with Gasteiger partial charge in [-0.15, -0.1) is 0 Å². The van der Waals surface area contributed by atoms with Crippen LogP contribution in [0, 0.1) is 11.3 Å². The number of nitrogens with zero attached hydrogens (tertiary/aromatic N) is 2. The molecule has 0 radical (unpaired) electrons. The average molecular weight is 273 g/mol. The third-order valence-electron chi connectivity index (χ3n) is 2.28. The van der Waals surface area contributed by atoms with E-state index in [1.165, 1.54) is 5.56 Å². The molecule has 1 aromatic rings. The van der Waals surface area contributed by atoms with Crippen molar-refractivity contribution in [2.24, 2.45) is 11.3 Å². The Bertz CT molecular complexity index is 302. The molecule has 0 spiro atoms. The smallest absolute Gasteiger partial charge is 0.0521 e. The normalized spacial score (nSPS) is 12.4. The maximum atomic E-state index is 4.38. The molecule has 1 aromatic heterocycles. The third-order valence-corrected chi connectivity index (χ3v) is 3.80. The molecule has 0 atom stereocenters. The molecule has 1 rings (SSSR count). The van der Waals surface area contributed by atoms with Gasteiger partial charge < -0.3 is 0 Å². The maximum Gasteiger partial charge on any atom is 0.0521 e. The molecule has 15 heavy (non-hydrogen) atoms. The van der Waals surface area contributed by atoms with Gasteiger partial charge in [0.1, 0.15) is 0 Å².